The number of primary amides is 1. The van der Waals surface area contributed by atoms with Crippen molar-refractivity contribution in [3.63, 3.8) is 0 Å². The number of nitrogens with two attached hydrogens (primary N) is 1. The Kier molecular flexibility index (Phi) is 5.69. The third-order valence-electron chi connectivity index (χ3n) is 5.86. The molecule has 5 nitrogen and oxygen atoms in total. The summed E-state index contributed by atoms with van der Waals surface area (Å²) < 4.78 is 11.6. The van der Waals surface area contributed by atoms with E-state index in [9.17, 15) is 9.90 Å². The second-order valence-electron chi connectivity index (χ2n) is 7.64. The molecule has 1 aliphatic carbocycles. The molecule has 2 aliphatic rings. The molecule has 2 aromatic carbocycles. The van der Waals surface area contributed by atoms with Gasteiger partial charge < -0.3 is 20.3 Å². The van der Waals surface area contributed by atoms with E-state index in [4.69, 9.17) is 15.2 Å². The second kappa shape index (κ2) is 8.39. The van der Waals surface area contributed by atoms with Crippen molar-refractivity contribution in [1.29, 1.82) is 0 Å². The minimum absolute atomic E-state index is 0.00738. The van der Waals surface area contributed by atoms with Gasteiger partial charge in [-0.05, 0) is 60.1 Å². The molecule has 3 atom stereocenters. The van der Waals surface area contributed by atoms with Crippen LogP contribution in [0.15, 0.2) is 54.3 Å². The van der Waals surface area contributed by atoms with Gasteiger partial charge in [0, 0.05) is 25.0 Å². The SMILES string of the molecule is CCO[C@H]1OC(C(N)=O)=C[C@@H](c2ccc3c(c2)Cc2ccccc2-3)[C@H]1CCCO. The molecule has 0 saturated carbocycles. The number of allylic oxidation sites excluding steroid dienone is 1. The normalized spacial score (nSPS) is 22.4. The van der Waals surface area contributed by atoms with Gasteiger partial charge >= 0.3 is 0 Å². The molecule has 1 heterocycles. The van der Waals surface area contributed by atoms with Crippen LogP contribution in [0.2, 0.25) is 0 Å². The van der Waals surface area contributed by atoms with Crippen molar-refractivity contribution < 1.29 is 19.4 Å². The summed E-state index contributed by atoms with van der Waals surface area (Å²) in [4.78, 5) is 11.9. The molecule has 5 heteroatoms. The highest BCUT2D eigenvalue weighted by atomic mass is 16.7. The van der Waals surface area contributed by atoms with Gasteiger partial charge in [-0.3, -0.25) is 4.79 Å². The minimum atomic E-state index is -0.589. The van der Waals surface area contributed by atoms with E-state index in [-0.39, 0.29) is 24.2 Å². The predicted octanol–water partition coefficient (Wildman–Crippen LogP) is 3.49. The van der Waals surface area contributed by atoms with Gasteiger partial charge in [-0.25, -0.2) is 0 Å². The lowest BCUT2D eigenvalue weighted by atomic mass is 9.80. The lowest BCUT2D eigenvalue weighted by Crippen LogP contribution is -2.37. The number of amides is 1. The molecule has 1 aliphatic heterocycles. The van der Waals surface area contributed by atoms with Gasteiger partial charge in [0.15, 0.2) is 5.76 Å². The van der Waals surface area contributed by atoms with Gasteiger partial charge in [0.05, 0.1) is 0 Å². The standard InChI is InChI=1S/C24H27NO4/c1-2-28-24-20(8-5-11-26)21(14-22(29-24)23(25)27)16-9-10-19-17(13-16)12-15-6-3-4-7-18(15)19/h3-4,6-7,9-10,13-14,20-21,24,26H,2,5,8,11-12H2,1H3,(H2,25,27)/t20-,21+,24+/m1/s1. The number of hydrogen-bond acceptors (Lipinski definition) is 4. The molecule has 0 spiro atoms. The van der Waals surface area contributed by atoms with E-state index < -0.39 is 12.2 Å². The van der Waals surface area contributed by atoms with E-state index >= 15 is 0 Å². The zero-order chi connectivity index (χ0) is 20.4. The van der Waals surface area contributed by atoms with Gasteiger partial charge in [-0.2, -0.15) is 0 Å². The van der Waals surface area contributed by atoms with Crippen LogP contribution in [0.1, 0.15) is 42.4 Å². The zero-order valence-electron chi connectivity index (χ0n) is 16.6. The van der Waals surface area contributed by atoms with Crippen molar-refractivity contribution in [2.45, 2.75) is 38.4 Å². The van der Waals surface area contributed by atoms with Crippen LogP contribution in [0.3, 0.4) is 0 Å². The third kappa shape index (κ3) is 3.80. The number of rotatable bonds is 7. The minimum Gasteiger partial charge on any atom is -0.459 e. The zero-order valence-corrected chi connectivity index (χ0v) is 16.6. The maximum absolute atomic E-state index is 11.9. The monoisotopic (exact) mass is 393 g/mol. The van der Waals surface area contributed by atoms with Crippen LogP contribution in [0.5, 0.6) is 0 Å². The van der Waals surface area contributed by atoms with E-state index in [1.807, 2.05) is 13.0 Å². The van der Waals surface area contributed by atoms with Gasteiger partial charge in [0.1, 0.15) is 0 Å². The lowest BCUT2D eigenvalue weighted by molar-refractivity contribution is -0.165. The Morgan fingerprint density at radius 3 is 2.76 bits per heavy atom. The van der Waals surface area contributed by atoms with Gasteiger partial charge in [-0.15, -0.1) is 0 Å². The first-order valence-electron chi connectivity index (χ1n) is 10.2. The first-order chi connectivity index (χ1) is 14.1. The Hall–Kier alpha value is -2.63. The summed E-state index contributed by atoms with van der Waals surface area (Å²) in [6, 6.07) is 15.0. The number of benzene rings is 2. The van der Waals surface area contributed by atoms with E-state index in [1.54, 1.807) is 0 Å². The van der Waals surface area contributed by atoms with Crippen LogP contribution >= 0.6 is 0 Å². The first-order valence-corrected chi connectivity index (χ1v) is 10.2. The average molecular weight is 393 g/mol. The molecule has 1 amide bonds. The summed E-state index contributed by atoms with van der Waals surface area (Å²) in [6.45, 7) is 2.48. The molecule has 0 unspecified atom stereocenters. The van der Waals surface area contributed by atoms with Crippen molar-refractivity contribution in [3.05, 3.63) is 71.0 Å². The van der Waals surface area contributed by atoms with Crippen LogP contribution in [-0.2, 0) is 20.7 Å². The Labute approximate surface area is 171 Å². The second-order valence-corrected chi connectivity index (χ2v) is 7.64. The fourth-order valence-corrected chi connectivity index (χ4v) is 4.53. The topological polar surface area (TPSA) is 81.8 Å². The van der Waals surface area contributed by atoms with E-state index in [1.165, 1.54) is 22.3 Å². The van der Waals surface area contributed by atoms with Gasteiger partial charge in [0.25, 0.3) is 5.91 Å². The molecule has 2 aromatic rings. The molecular formula is C24H27NO4. The van der Waals surface area contributed by atoms with Crippen LogP contribution in [0.4, 0.5) is 0 Å². The highest BCUT2D eigenvalue weighted by Gasteiger charge is 2.37. The van der Waals surface area contributed by atoms with Crippen molar-refractivity contribution >= 4 is 5.91 Å². The predicted molar refractivity (Wildman–Crippen MR) is 111 cm³/mol. The summed E-state index contributed by atoms with van der Waals surface area (Å²) in [5, 5.41) is 9.37. The van der Waals surface area contributed by atoms with Gasteiger partial charge in [0.2, 0.25) is 6.29 Å². The number of carbonyl (C=O) groups excluding carboxylic acids is 1. The summed E-state index contributed by atoms with van der Waals surface area (Å²) in [5.74, 6) is -0.512. The highest BCUT2D eigenvalue weighted by Crippen LogP contribution is 2.43. The van der Waals surface area contributed by atoms with E-state index in [2.05, 4.69) is 42.5 Å². The Morgan fingerprint density at radius 2 is 2.00 bits per heavy atom. The van der Waals surface area contributed by atoms with Crippen LogP contribution in [0.25, 0.3) is 11.1 Å². The smallest absolute Gasteiger partial charge is 0.283 e. The maximum atomic E-state index is 11.9. The number of aliphatic hydroxyl groups is 1. The van der Waals surface area contributed by atoms with Crippen molar-refractivity contribution in [2.24, 2.45) is 11.7 Å². The third-order valence-corrected chi connectivity index (χ3v) is 5.86. The molecule has 0 saturated heterocycles. The molecule has 3 N–H and O–H groups in total. The van der Waals surface area contributed by atoms with Crippen LogP contribution < -0.4 is 5.73 Å². The molecule has 0 fully saturated rings. The average Bonchev–Trinajstić information content (AvgIpc) is 3.10. The summed E-state index contributed by atoms with van der Waals surface area (Å²) in [7, 11) is 0. The van der Waals surface area contributed by atoms with Crippen molar-refractivity contribution in [3.8, 4) is 11.1 Å². The Balaban J connectivity index is 1.72. The largest absolute Gasteiger partial charge is 0.459 e. The van der Waals surface area contributed by atoms with Gasteiger partial charge in [-0.1, -0.05) is 42.5 Å². The van der Waals surface area contributed by atoms with Crippen molar-refractivity contribution in [2.75, 3.05) is 13.2 Å². The number of ether oxygens (including phenoxy) is 2. The summed E-state index contributed by atoms with van der Waals surface area (Å²) in [5.41, 5.74) is 11.8. The first kappa shape index (κ1) is 19.7. The van der Waals surface area contributed by atoms with Crippen LogP contribution in [0, 0.1) is 5.92 Å². The van der Waals surface area contributed by atoms with Crippen LogP contribution in [-0.4, -0.2) is 30.5 Å². The molecule has 4 rings (SSSR count). The molecular weight excluding hydrogens is 366 g/mol. The Bertz CT molecular complexity index is 936. The number of fused-ring (bicyclic) bond motifs is 3. The van der Waals surface area contributed by atoms with E-state index in [0.29, 0.717) is 13.0 Å². The number of aliphatic hydroxyl groups excluding tert-OH is 1. The molecule has 0 aromatic heterocycles. The fourth-order valence-electron chi connectivity index (χ4n) is 4.53. The number of hydrogen-bond donors (Lipinski definition) is 2. The Morgan fingerprint density at radius 1 is 1.21 bits per heavy atom. The van der Waals surface area contributed by atoms with Crippen molar-refractivity contribution in [1.82, 2.24) is 0 Å². The van der Waals surface area contributed by atoms with E-state index in [0.717, 1.165) is 18.4 Å². The maximum Gasteiger partial charge on any atom is 0.283 e. The molecule has 29 heavy (non-hydrogen) atoms. The lowest BCUT2D eigenvalue weighted by Gasteiger charge is -2.36. The quantitative estimate of drug-likeness (QED) is 0.644. The molecule has 0 radical (unpaired) electrons. The summed E-state index contributed by atoms with van der Waals surface area (Å²) in [6.07, 6.45) is 3.54. The number of carbonyl (C=O) groups is 1. The summed E-state index contributed by atoms with van der Waals surface area (Å²) >= 11 is 0. The molecule has 152 valence electrons. The highest BCUT2D eigenvalue weighted by molar-refractivity contribution is 5.90. The fraction of sp³-hybridized carbons (Fsp3) is 0.375. The molecule has 0 bridgehead atoms.